The molecule has 0 fully saturated rings. The Hall–Kier alpha value is -3.52. The maximum Gasteiger partial charge on any atom is 0.161 e. The molecule has 0 atom stereocenters. The van der Waals surface area contributed by atoms with Crippen molar-refractivity contribution in [2.45, 2.75) is 6.92 Å². The molecule has 0 bridgehead atoms. The summed E-state index contributed by atoms with van der Waals surface area (Å²) in [6.45, 7) is 2.02. The van der Waals surface area contributed by atoms with Gasteiger partial charge in [-0.2, -0.15) is 5.26 Å². The fourth-order valence-corrected chi connectivity index (χ4v) is 2.79. The van der Waals surface area contributed by atoms with Gasteiger partial charge in [0.1, 0.15) is 17.5 Å². The second-order valence-corrected chi connectivity index (χ2v) is 5.86. The highest BCUT2D eigenvalue weighted by Gasteiger charge is 2.15. The SMILES string of the molecule is COc1ccc(-c2cc(-c3ccc(C)cc3)c(C#N)c(N)n2)cc1OC. The van der Waals surface area contributed by atoms with Crippen LogP contribution in [0.3, 0.4) is 0 Å². The molecule has 5 heteroatoms. The monoisotopic (exact) mass is 345 g/mol. The van der Waals surface area contributed by atoms with Crippen LogP contribution in [-0.4, -0.2) is 19.2 Å². The minimum absolute atomic E-state index is 0.204. The molecule has 3 rings (SSSR count). The summed E-state index contributed by atoms with van der Waals surface area (Å²) >= 11 is 0. The Morgan fingerprint density at radius 3 is 2.19 bits per heavy atom. The normalized spacial score (nSPS) is 10.2. The van der Waals surface area contributed by atoms with Crippen LogP contribution in [0.15, 0.2) is 48.5 Å². The lowest BCUT2D eigenvalue weighted by Crippen LogP contribution is -2.00. The summed E-state index contributed by atoms with van der Waals surface area (Å²) in [4.78, 5) is 4.41. The van der Waals surface area contributed by atoms with E-state index in [1.807, 2.05) is 55.5 Å². The number of aryl methyl sites for hydroxylation is 1. The van der Waals surface area contributed by atoms with Gasteiger partial charge in [-0.25, -0.2) is 4.98 Å². The summed E-state index contributed by atoms with van der Waals surface area (Å²) in [5.41, 5.74) is 10.8. The van der Waals surface area contributed by atoms with Crippen LogP contribution in [0.5, 0.6) is 11.5 Å². The zero-order chi connectivity index (χ0) is 18.7. The Morgan fingerprint density at radius 2 is 1.58 bits per heavy atom. The highest BCUT2D eigenvalue weighted by atomic mass is 16.5. The van der Waals surface area contributed by atoms with Crippen molar-refractivity contribution in [3.05, 3.63) is 59.7 Å². The number of pyridine rings is 1. The van der Waals surface area contributed by atoms with Crippen molar-refractivity contribution in [1.29, 1.82) is 5.26 Å². The van der Waals surface area contributed by atoms with Crippen LogP contribution in [-0.2, 0) is 0 Å². The molecule has 0 aliphatic heterocycles. The zero-order valence-corrected chi connectivity index (χ0v) is 14.9. The van der Waals surface area contributed by atoms with Crippen LogP contribution in [0, 0.1) is 18.3 Å². The number of nitriles is 1. The fourth-order valence-electron chi connectivity index (χ4n) is 2.79. The summed E-state index contributed by atoms with van der Waals surface area (Å²) in [7, 11) is 3.17. The van der Waals surface area contributed by atoms with Crippen molar-refractivity contribution in [3.63, 3.8) is 0 Å². The Morgan fingerprint density at radius 1 is 0.923 bits per heavy atom. The lowest BCUT2D eigenvalue weighted by Gasteiger charge is -2.12. The van der Waals surface area contributed by atoms with Crippen LogP contribution >= 0.6 is 0 Å². The predicted octanol–water partition coefficient (Wildman–Crippen LogP) is 4.20. The van der Waals surface area contributed by atoms with E-state index in [0.717, 1.165) is 22.3 Å². The molecule has 2 aromatic carbocycles. The highest BCUT2D eigenvalue weighted by Crippen LogP contribution is 2.35. The van der Waals surface area contributed by atoms with E-state index in [1.54, 1.807) is 14.2 Å². The molecule has 130 valence electrons. The number of benzene rings is 2. The molecule has 5 nitrogen and oxygen atoms in total. The summed E-state index contributed by atoms with van der Waals surface area (Å²) in [5.74, 6) is 1.44. The number of ether oxygens (including phenoxy) is 2. The first kappa shape index (κ1) is 17.3. The average Bonchev–Trinajstić information content (AvgIpc) is 2.67. The van der Waals surface area contributed by atoms with E-state index in [2.05, 4.69) is 11.1 Å². The van der Waals surface area contributed by atoms with Gasteiger partial charge in [0, 0.05) is 11.1 Å². The minimum atomic E-state index is 0.204. The summed E-state index contributed by atoms with van der Waals surface area (Å²) in [6.07, 6.45) is 0. The topological polar surface area (TPSA) is 81.2 Å². The van der Waals surface area contributed by atoms with Crippen LogP contribution in [0.1, 0.15) is 11.1 Å². The van der Waals surface area contributed by atoms with Gasteiger partial charge in [0.15, 0.2) is 11.5 Å². The first-order valence-corrected chi connectivity index (χ1v) is 8.07. The Balaban J connectivity index is 2.18. The highest BCUT2D eigenvalue weighted by molar-refractivity contribution is 5.80. The van der Waals surface area contributed by atoms with Gasteiger partial charge >= 0.3 is 0 Å². The fraction of sp³-hybridized carbons (Fsp3) is 0.143. The van der Waals surface area contributed by atoms with Crippen molar-refractivity contribution in [2.24, 2.45) is 0 Å². The molecule has 0 aliphatic rings. The van der Waals surface area contributed by atoms with Gasteiger partial charge in [-0.3, -0.25) is 0 Å². The number of anilines is 1. The number of hydrogen-bond acceptors (Lipinski definition) is 5. The number of nitrogen functional groups attached to an aromatic ring is 1. The van der Waals surface area contributed by atoms with Crippen LogP contribution < -0.4 is 15.2 Å². The third-order valence-electron chi connectivity index (χ3n) is 4.20. The van der Waals surface area contributed by atoms with Gasteiger partial charge in [-0.1, -0.05) is 29.8 Å². The van der Waals surface area contributed by atoms with Crippen LogP contribution in [0.4, 0.5) is 5.82 Å². The molecule has 0 amide bonds. The average molecular weight is 345 g/mol. The van der Waals surface area contributed by atoms with Crippen LogP contribution in [0.2, 0.25) is 0 Å². The summed E-state index contributed by atoms with van der Waals surface area (Å²) in [6, 6.07) is 17.5. The lowest BCUT2D eigenvalue weighted by atomic mass is 9.97. The van der Waals surface area contributed by atoms with Gasteiger partial charge in [0.2, 0.25) is 0 Å². The third kappa shape index (κ3) is 3.17. The van der Waals surface area contributed by atoms with E-state index in [-0.39, 0.29) is 5.82 Å². The molecule has 0 aliphatic carbocycles. The summed E-state index contributed by atoms with van der Waals surface area (Å²) < 4.78 is 10.6. The molecule has 3 aromatic rings. The number of aromatic nitrogens is 1. The molecule has 0 saturated carbocycles. The smallest absolute Gasteiger partial charge is 0.161 e. The quantitative estimate of drug-likeness (QED) is 0.766. The predicted molar refractivity (Wildman–Crippen MR) is 102 cm³/mol. The van der Waals surface area contributed by atoms with Gasteiger partial charge in [-0.15, -0.1) is 0 Å². The van der Waals surface area contributed by atoms with E-state index >= 15 is 0 Å². The molecule has 26 heavy (non-hydrogen) atoms. The molecule has 1 aromatic heterocycles. The molecule has 0 unspecified atom stereocenters. The number of nitrogens with two attached hydrogens (primary N) is 1. The lowest BCUT2D eigenvalue weighted by molar-refractivity contribution is 0.355. The van der Waals surface area contributed by atoms with Crippen molar-refractivity contribution in [2.75, 3.05) is 20.0 Å². The number of methoxy groups -OCH3 is 2. The number of nitrogens with zero attached hydrogens (tertiary/aromatic N) is 2. The molecule has 2 N–H and O–H groups in total. The molecule has 0 radical (unpaired) electrons. The number of rotatable bonds is 4. The van der Waals surface area contributed by atoms with E-state index < -0.39 is 0 Å². The minimum Gasteiger partial charge on any atom is -0.493 e. The van der Waals surface area contributed by atoms with Crippen molar-refractivity contribution < 1.29 is 9.47 Å². The second kappa shape index (κ2) is 7.16. The van der Waals surface area contributed by atoms with Crippen molar-refractivity contribution in [1.82, 2.24) is 4.98 Å². The molecular formula is C21H19N3O2. The molecule has 0 spiro atoms. The van der Waals surface area contributed by atoms with Crippen molar-refractivity contribution in [3.8, 4) is 40.0 Å². The largest absolute Gasteiger partial charge is 0.493 e. The van der Waals surface area contributed by atoms with E-state index in [9.17, 15) is 5.26 Å². The molecular weight excluding hydrogens is 326 g/mol. The van der Waals surface area contributed by atoms with Gasteiger partial charge < -0.3 is 15.2 Å². The standard InChI is InChI=1S/C21H19N3O2/c1-13-4-6-14(7-5-13)16-11-18(24-21(23)17(16)12-22)15-8-9-19(25-2)20(10-15)26-3/h4-11H,1-3H3,(H2,23,24). The first-order valence-electron chi connectivity index (χ1n) is 8.07. The maximum atomic E-state index is 9.52. The maximum absolute atomic E-state index is 9.52. The Kier molecular flexibility index (Phi) is 4.76. The van der Waals surface area contributed by atoms with E-state index in [4.69, 9.17) is 15.2 Å². The zero-order valence-electron chi connectivity index (χ0n) is 14.9. The van der Waals surface area contributed by atoms with Crippen LogP contribution in [0.25, 0.3) is 22.4 Å². The Labute approximate surface area is 152 Å². The van der Waals surface area contributed by atoms with E-state index in [1.165, 1.54) is 0 Å². The van der Waals surface area contributed by atoms with Gasteiger partial charge in [0.25, 0.3) is 0 Å². The summed E-state index contributed by atoms with van der Waals surface area (Å²) in [5, 5.41) is 9.52. The van der Waals surface area contributed by atoms with E-state index in [0.29, 0.717) is 22.8 Å². The first-order chi connectivity index (χ1) is 12.6. The second-order valence-electron chi connectivity index (χ2n) is 5.86. The number of hydrogen-bond donors (Lipinski definition) is 1. The molecule has 0 saturated heterocycles. The van der Waals surface area contributed by atoms with Gasteiger partial charge in [0.05, 0.1) is 19.9 Å². The van der Waals surface area contributed by atoms with Gasteiger partial charge in [-0.05, 0) is 36.8 Å². The molecule has 1 heterocycles. The third-order valence-corrected chi connectivity index (χ3v) is 4.20. The Bertz CT molecular complexity index is 989. The van der Waals surface area contributed by atoms with Crippen molar-refractivity contribution >= 4 is 5.82 Å².